The van der Waals surface area contributed by atoms with Crippen molar-refractivity contribution in [2.24, 2.45) is 0 Å². The van der Waals surface area contributed by atoms with E-state index < -0.39 is 0 Å². The highest BCUT2D eigenvalue weighted by molar-refractivity contribution is 5.81. The van der Waals surface area contributed by atoms with Crippen molar-refractivity contribution < 1.29 is 0 Å². The van der Waals surface area contributed by atoms with Crippen LogP contribution >= 0.6 is 0 Å². The number of hydrogen-bond donors (Lipinski definition) is 2. The highest BCUT2D eigenvalue weighted by Gasteiger charge is 2.14. The molecule has 7 nitrogen and oxygen atoms in total. The van der Waals surface area contributed by atoms with Crippen LogP contribution in [0.5, 0.6) is 0 Å². The summed E-state index contributed by atoms with van der Waals surface area (Å²) in [5.41, 5.74) is 15.7. The van der Waals surface area contributed by atoms with Gasteiger partial charge < -0.3 is 16.4 Å². The number of aromatic nitrogens is 4. The van der Waals surface area contributed by atoms with Gasteiger partial charge in [0.1, 0.15) is 0 Å². The van der Waals surface area contributed by atoms with E-state index in [2.05, 4.69) is 69.9 Å². The third kappa shape index (κ3) is 3.60. The van der Waals surface area contributed by atoms with Crippen molar-refractivity contribution in [2.45, 2.75) is 32.7 Å². The molecule has 0 aliphatic heterocycles. The smallest absolute Gasteiger partial charge is 0.224 e. The first kappa shape index (κ1) is 16.9. The predicted octanol–water partition coefficient (Wildman–Crippen LogP) is 2.52. The van der Waals surface area contributed by atoms with Gasteiger partial charge in [-0.25, -0.2) is 9.97 Å². The van der Waals surface area contributed by atoms with Crippen LogP contribution < -0.4 is 16.4 Å². The summed E-state index contributed by atoms with van der Waals surface area (Å²) < 4.78 is 0. The fourth-order valence-corrected chi connectivity index (χ4v) is 2.61. The van der Waals surface area contributed by atoms with Gasteiger partial charge in [-0.05, 0) is 23.1 Å². The number of anilines is 3. The van der Waals surface area contributed by atoms with Crippen LogP contribution in [0.4, 0.5) is 17.5 Å². The minimum Gasteiger partial charge on any atom is -0.382 e. The molecule has 0 unspecified atom stereocenters. The summed E-state index contributed by atoms with van der Waals surface area (Å²) in [4.78, 5) is 18.9. The standard InChI is InChI=1S/C18H23N7/c1-18(2,3)11-5-7-13(8-6-11)25(4)10-12-9-21-16-14(22-12)15(19)23-17(20)24-16/h5-9H,10H2,1-4H3,(H4,19,20,21,23,24). The largest absolute Gasteiger partial charge is 0.382 e. The normalized spacial score (nSPS) is 11.7. The monoisotopic (exact) mass is 337 g/mol. The summed E-state index contributed by atoms with van der Waals surface area (Å²) in [6.45, 7) is 7.21. The summed E-state index contributed by atoms with van der Waals surface area (Å²) >= 11 is 0. The fourth-order valence-electron chi connectivity index (χ4n) is 2.61. The molecule has 7 heteroatoms. The molecule has 130 valence electrons. The number of nitrogens with two attached hydrogens (primary N) is 2. The molecule has 2 aromatic heterocycles. The van der Waals surface area contributed by atoms with Crippen molar-refractivity contribution >= 4 is 28.6 Å². The number of benzene rings is 1. The lowest BCUT2D eigenvalue weighted by atomic mass is 9.87. The molecule has 0 amide bonds. The number of rotatable bonds is 3. The van der Waals surface area contributed by atoms with E-state index in [4.69, 9.17) is 11.5 Å². The van der Waals surface area contributed by atoms with Crippen molar-refractivity contribution in [1.29, 1.82) is 0 Å². The maximum atomic E-state index is 5.88. The number of nitrogen functional groups attached to an aromatic ring is 2. The Morgan fingerprint density at radius 1 is 1.00 bits per heavy atom. The van der Waals surface area contributed by atoms with E-state index in [0.717, 1.165) is 11.4 Å². The quantitative estimate of drug-likeness (QED) is 0.756. The third-order valence-corrected chi connectivity index (χ3v) is 4.07. The molecule has 0 saturated carbocycles. The van der Waals surface area contributed by atoms with Crippen LogP contribution in [0.2, 0.25) is 0 Å². The van der Waals surface area contributed by atoms with Crippen LogP contribution in [0.3, 0.4) is 0 Å². The molecule has 3 aromatic rings. The van der Waals surface area contributed by atoms with Crippen molar-refractivity contribution in [3.63, 3.8) is 0 Å². The first-order valence-corrected chi connectivity index (χ1v) is 8.10. The van der Waals surface area contributed by atoms with Crippen LogP contribution in [0.15, 0.2) is 30.5 Å². The zero-order chi connectivity index (χ0) is 18.2. The molecule has 0 atom stereocenters. The Bertz CT molecular complexity index is 898. The second kappa shape index (κ2) is 6.16. The van der Waals surface area contributed by atoms with Crippen molar-refractivity contribution in [2.75, 3.05) is 23.4 Å². The minimum atomic E-state index is 0.100. The average molecular weight is 337 g/mol. The zero-order valence-corrected chi connectivity index (χ0v) is 15.0. The van der Waals surface area contributed by atoms with Gasteiger partial charge in [0.05, 0.1) is 18.4 Å². The summed E-state index contributed by atoms with van der Waals surface area (Å²) in [5.74, 6) is 0.345. The molecule has 0 bridgehead atoms. The summed E-state index contributed by atoms with van der Waals surface area (Å²) in [7, 11) is 2.01. The zero-order valence-electron chi connectivity index (χ0n) is 15.0. The van der Waals surface area contributed by atoms with Crippen molar-refractivity contribution in [3.8, 4) is 0 Å². The lowest BCUT2D eigenvalue weighted by molar-refractivity contribution is 0.590. The summed E-state index contributed by atoms with van der Waals surface area (Å²) in [6.07, 6.45) is 1.69. The summed E-state index contributed by atoms with van der Waals surface area (Å²) in [5, 5.41) is 0. The molecule has 1 aromatic carbocycles. The number of fused-ring (bicyclic) bond motifs is 1. The van der Waals surface area contributed by atoms with Gasteiger partial charge in [-0.2, -0.15) is 9.97 Å². The highest BCUT2D eigenvalue weighted by atomic mass is 15.1. The molecule has 3 rings (SSSR count). The van der Waals surface area contributed by atoms with Crippen LogP contribution in [0, 0.1) is 0 Å². The average Bonchev–Trinajstić information content (AvgIpc) is 2.54. The van der Waals surface area contributed by atoms with Crippen LogP contribution in [0.1, 0.15) is 32.0 Å². The molecule has 0 spiro atoms. The molecule has 0 aliphatic carbocycles. The van der Waals surface area contributed by atoms with E-state index >= 15 is 0 Å². The van der Waals surface area contributed by atoms with Crippen molar-refractivity contribution in [3.05, 3.63) is 41.7 Å². The third-order valence-electron chi connectivity index (χ3n) is 4.07. The van der Waals surface area contributed by atoms with E-state index in [0.29, 0.717) is 17.7 Å². The first-order valence-electron chi connectivity index (χ1n) is 8.10. The SMILES string of the molecule is CN(Cc1cnc2nc(N)nc(N)c2n1)c1ccc(C(C)(C)C)cc1. The first-order chi connectivity index (χ1) is 11.7. The lowest BCUT2D eigenvalue weighted by Crippen LogP contribution is -2.18. The number of nitrogens with zero attached hydrogens (tertiary/aromatic N) is 5. The lowest BCUT2D eigenvalue weighted by Gasteiger charge is -2.22. The molecule has 0 fully saturated rings. The van der Waals surface area contributed by atoms with Gasteiger partial charge in [-0.3, -0.25) is 0 Å². The Morgan fingerprint density at radius 2 is 1.68 bits per heavy atom. The van der Waals surface area contributed by atoms with E-state index in [1.165, 1.54) is 5.56 Å². The Balaban J connectivity index is 1.83. The molecular weight excluding hydrogens is 314 g/mol. The van der Waals surface area contributed by atoms with Crippen LogP contribution in [-0.4, -0.2) is 27.0 Å². The van der Waals surface area contributed by atoms with Gasteiger partial charge in [0.25, 0.3) is 0 Å². The van der Waals surface area contributed by atoms with Gasteiger partial charge in [-0.1, -0.05) is 32.9 Å². The predicted molar refractivity (Wildman–Crippen MR) is 101 cm³/mol. The fraction of sp³-hybridized carbons (Fsp3) is 0.333. The Kier molecular flexibility index (Phi) is 4.16. The van der Waals surface area contributed by atoms with Gasteiger partial charge in [0, 0.05) is 12.7 Å². The Morgan fingerprint density at radius 3 is 2.32 bits per heavy atom. The molecule has 2 heterocycles. The van der Waals surface area contributed by atoms with E-state index in [-0.39, 0.29) is 17.2 Å². The molecule has 4 N–H and O–H groups in total. The molecule has 0 aliphatic rings. The van der Waals surface area contributed by atoms with E-state index in [9.17, 15) is 0 Å². The van der Waals surface area contributed by atoms with Gasteiger partial charge >= 0.3 is 0 Å². The molecule has 0 radical (unpaired) electrons. The minimum absolute atomic E-state index is 0.100. The van der Waals surface area contributed by atoms with Gasteiger partial charge in [0.2, 0.25) is 5.95 Å². The Hall–Kier alpha value is -2.96. The van der Waals surface area contributed by atoms with Crippen LogP contribution in [0.25, 0.3) is 11.2 Å². The maximum Gasteiger partial charge on any atom is 0.224 e. The highest BCUT2D eigenvalue weighted by Crippen LogP contribution is 2.25. The van der Waals surface area contributed by atoms with E-state index in [1.807, 2.05) is 7.05 Å². The number of hydrogen-bond acceptors (Lipinski definition) is 7. The topological polar surface area (TPSA) is 107 Å². The van der Waals surface area contributed by atoms with Gasteiger partial charge in [-0.15, -0.1) is 0 Å². The van der Waals surface area contributed by atoms with Crippen molar-refractivity contribution in [1.82, 2.24) is 19.9 Å². The Labute approximate surface area is 147 Å². The molecule has 0 saturated heterocycles. The summed E-state index contributed by atoms with van der Waals surface area (Å²) in [6, 6.07) is 8.56. The van der Waals surface area contributed by atoms with Crippen LogP contribution in [-0.2, 0) is 12.0 Å². The molecule has 25 heavy (non-hydrogen) atoms. The second-order valence-electron chi connectivity index (χ2n) is 7.15. The maximum absolute atomic E-state index is 5.88. The second-order valence-corrected chi connectivity index (χ2v) is 7.15. The van der Waals surface area contributed by atoms with Gasteiger partial charge in [0.15, 0.2) is 17.0 Å². The molecular formula is C18H23N7. The van der Waals surface area contributed by atoms with E-state index in [1.54, 1.807) is 6.20 Å².